The third-order valence-corrected chi connectivity index (χ3v) is 3.38. The zero-order valence-electron chi connectivity index (χ0n) is 13.3. The molecular formula is C16H17N5O3. The van der Waals surface area contributed by atoms with Crippen LogP contribution < -0.4 is 10.1 Å². The van der Waals surface area contributed by atoms with E-state index in [1.807, 2.05) is 38.1 Å². The fraction of sp³-hybridized carbons (Fsp3) is 0.250. The number of hydrogen-bond donors (Lipinski definition) is 1. The molecule has 1 heterocycles. The van der Waals surface area contributed by atoms with Crippen LogP contribution in [0.3, 0.4) is 0 Å². The molecule has 24 heavy (non-hydrogen) atoms. The molecule has 1 aromatic heterocycles. The zero-order chi connectivity index (χ0) is 17.1. The van der Waals surface area contributed by atoms with Gasteiger partial charge in [0.05, 0.1) is 28.3 Å². The Kier molecular flexibility index (Phi) is 4.28. The second-order valence-corrected chi connectivity index (χ2v) is 5.52. The average Bonchev–Trinajstić information content (AvgIpc) is 2.96. The van der Waals surface area contributed by atoms with Crippen molar-refractivity contribution in [1.29, 1.82) is 0 Å². The number of nitrogens with one attached hydrogen (secondary N) is 1. The van der Waals surface area contributed by atoms with Crippen molar-refractivity contribution in [1.82, 2.24) is 15.0 Å². The number of para-hydroxylation sites is 1. The number of nitro groups is 1. The molecule has 0 saturated heterocycles. The Bertz CT molecular complexity index is 875. The first-order valence-corrected chi connectivity index (χ1v) is 7.52. The normalized spacial score (nSPS) is 11.0. The monoisotopic (exact) mass is 327 g/mol. The lowest BCUT2D eigenvalue weighted by Gasteiger charge is -2.15. The summed E-state index contributed by atoms with van der Waals surface area (Å²) in [6.45, 7) is 4.11. The van der Waals surface area contributed by atoms with Crippen LogP contribution in [0.25, 0.3) is 11.0 Å². The summed E-state index contributed by atoms with van der Waals surface area (Å²) in [4.78, 5) is 10.5. The Morgan fingerprint density at radius 3 is 2.83 bits per heavy atom. The van der Waals surface area contributed by atoms with Crippen LogP contribution in [0.5, 0.6) is 5.75 Å². The molecule has 3 rings (SSSR count). The van der Waals surface area contributed by atoms with Crippen molar-refractivity contribution in [2.24, 2.45) is 0 Å². The number of anilines is 1. The quantitative estimate of drug-likeness (QED) is 0.552. The van der Waals surface area contributed by atoms with Gasteiger partial charge in [0.1, 0.15) is 17.9 Å². The number of nitro benzene ring substituents is 1. The standard InChI is InChI=1S/C16H17N5O3/c1-11(2)24-16-9-12(21(22)23)7-8-14(16)17-10-20-15-6-4-3-5-13(15)18-19-20/h3-9,11,17H,10H2,1-2H3. The highest BCUT2D eigenvalue weighted by Gasteiger charge is 2.13. The van der Waals surface area contributed by atoms with Gasteiger partial charge >= 0.3 is 0 Å². The van der Waals surface area contributed by atoms with Gasteiger partial charge in [0.15, 0.2) is 0 Å². The van der Waals surface area contributed by atoms with E-state index in [0.717, 1.165) is 11.0 Å². The first kappa shape index (κ1) is 15.7. The Morgan fingerprint density at radius 2 is 2.08 bits per heavy atom. The number of fused-ring (bicyclic) bond motifs is 1. The Hall–Kier alpha value is -3.16. The summed E-state index contributed by atoms with van der Waals surface area (Å²) >= 11 is 0. The fourth-order valence-electron chi connectivity index (χ4n) is 2.32. The lowest BCUT2D eigenvalue weighted by Crippen LogP contribution is -2.12. The summed E-state index contributed by atoms with van der Waals surface area (Å²) in [5, 5.41) is 22.3. The molecule has 0 radical (unpaired) electrons. The van der Waals surface area contributed by atoms with Crippen LogP contribution in [0, 0.1) is 10.1 Å². The largest absolute Gasteiger partial charge is 0.489 e. The molecule has 0 atom stereocenters. The summed E-state index contributed by atoms with van der Waals surface area (Å²) < 4.78 is 7.40. The lowest BCUT2D eigenvalue weighted by molar-refractivity contribution is -0.384. The summed E-state index contributed by atoms with van der Waals surface area (Å²) in [5.41, 5.74) is 2.36. The Morgan fingerprint density at radius 1 is 1.29 bits per heavy atom. The van der Waals surface area contributed by atoms with Crippen molar-refractivity contribution >= 4 is 22.4 Å². The van der Waals surface area contributed by atoms with Gasteiger partial charge in [0.2, 0.25) is 0 Å². The SMILES string of the molecule is CC(C)Oc1cc([N+](=O)[O-])ccc1NCn1nnc2ccccc21. The van der Waals surface area contributed by atoms with Crippen LogP contribution in [-0.4, -0.2) is 26.0 Å². The van der Waals surface area contributed by atoms with Crippen LogP contribution in [0.2, 0.25) is 0 Å². The zero-order valence-corrected chi connectivity index (χ0v) is 13.3. The fourth-order valence-corrected chi connectivity index (χ4v) is 2.32. The average molecular weight is 327 g/mol. The molecule has 0 fully saturated rings. The van der Waals surface area contributed by atoms with Crippen LogP contribution >= 0.6 is 0 Å². The number of rotatable bonds is 6. The van der Waals surface area contributed by atoms with E-state index in [1.165, 1.54) is 12.1 Å². The van der Waals surface area contributed by atoms with Gasteiger partial charge in [-0.15, -0.1) is 5.10 Å². The van der Waals surface area contributed by atoms with E-state index in [4.69, 9.17) is 4.74 Å². The van der Waals surface area contributed by atoms with E-state index in [-0.39, 0.29) is 11.8 Å². The minimum Gasteiger partial charge on any atom is -0.489 e. The summed E-state index contributed by atoms with van der Waals surface area (Å²) in [5.74, 6) is 0.434. The topological polar surface area (TPSA) is 95.1 Å². The van der Waals surface area contributed by atoms with Crippen molar-refractivity contribution in [3.63, 3.8) is 0 Å². The maximum absolute atomic E-state index is 10.9. The highest BCUT2D eigenvalue weighted by molar-refractivity contribution is 5.74. The number of benzene rings is 2. The number of ether oxygens (including phenoxy) is 1. The maximum atomic E-state index is 10.9. The van der Waals surface area contributed by atoms with Gasteiger partial charge in [-0.25, -0.2) is 4.68 Å². The smallest absolute Gasteiger partial charge is 0.273 e. The van der Waals surface area contributed by atoms with E-state index in [0.29, 0.717) is 18.1 Å². The highest BCUT2D eigenvalue weighted by Crippen LogP contribution is 2.30. The van der Waals surface area contributed by atoms with E-state index < -0.39 is 4.92 Å². The minimum absolute atomic E-state index is 0.0117. The number of non-ortho nitro benzene ring substituents is 1. The maximum Gasteiger partial charge on any atom is 0.273 e. The molecule has 0 aliphatic heterocycles. The highest BCUT2D eigenvalue weighted by atomic mass is 16.6. The van der Waals surface area contributed by atoms with Gasteiger partial charge in [0, 0.05) is 6.07 Å². The van der Waals surface area contributed by atoms with Crippen LogP contribution in [0.4, 0.5) is 11.4 Å². The van der Waals surface area contributed by atoms with Crippen molar-refractivity contribution < 1.29 is 9.66 Å². The van der Waals surface area contributed by atoms with Gasteiger partial charge in [0.25, 0.3) is 5.69 Å². The Balaban J connectivity index is 1.84. The van der Waals surface area contributed by atoms with Gasteiger partial charge in [-0.1, -0.05) is 17.3 Å². The molecule has 0 amide bonds. The first-order chi connectivity index (χ1) is 11.5. The van der Waals surface area contributed by atoms with E-state index >= 15 is 0 Å². The van der Waals surface area contributed by atoms with E-state index in [9.17, 15) is 10.1 Å². The second-order valence-electron chi connectivity index (χ2n) is 5.52. The van der Waals surface area contributed by atoms with Crippen molar-refractivity contribution in [3.8, 4) is 5.75 Å². The predicted molar refractivity (Wildman–Crippen MR) is 90.0 cm³/mol. The molecule has 124 valence electrons. The van der Waals surface area contributed by atoms with Crippen molar-refractivity contribution in [3.05, 3.63) is 52.6 Å². The molecule has 8 nitrogen and oxygen atoms in total. The molecule has 2 aromatic carbocycles. The van der Waals surface area contributed by atoms with Crippen LogP contribution in [0.1, 0.15) is 13.8 Å². The summed E-state index contributed by atoms with van der Waals surface area (Å²) in [6.07, 6.45) is -0.0974. The number of nitrogens with zero attached hydrogens (tertiary/aromatic N) is 4. The molecule has 0 saturated carbocycles. The van der Waals surface area contributed by atoms with Crippen LogP contribution in [0.15, 0.2) is 42.5 Å². The van der Waals surface area contributed by atoms with Gasteiger partial charge in [-0.3, -0.25) is 10.1 Å². The summed E-state index contributed by atoms with van der Waals surface area (Å²) in [7, 11) is 0. The van der Waals surface area contributed by atoms with Gasteiger partial charge < -0.3 is 10.1 Å². The first-order valence-electron chi connectivity index (χ1n) is 7.52. The number of hydrogen-bond acceptors (Lipinski definition) is 6. The second kappa shape index (κ2) is 6.53. The molecule has 0 bridgehead atoms. The molecule has 0 unspecified atom stereocenters. The molecule has 0 aliphatic rings. The van der Waals surface area contributed by atoms with Crippen LogP contribution in [-0.2, 0) is 6.67 Å². The molecule has 3 aromatic rings. The molecule has 8 heteroatoms. The van der Waals surface area contributed by atoms with Gasteiger partial charge in [-0.05, 0) is 32.0 Å². The van der Waals surface area contributed by atoms with Crippen molar-refractivity contribution in [2.75, 3.05) is 5.32 Å². The predicted octanol–water partition coefficient (Wildman–Crippen LogP) is 3.20. The number of aromatic nitrogens is 3. The van der Waals surface area contributed by atoms with E-state index in [2.05, 4.69) is 15.6 Å². The minimum atomic E-state index is -0.443. The van der Waals surface area contributed by atoms with Gasteiger partial charge in [-0.2, -0.15) is 0 Å². The molecular weight excluding hydrogens is 310 g/mol. The summed E-state index contributed by atoms with van der Waals surface area (Å²) in [6, 6.07) is 12.1. The van der Waals surface area contributed by atoms with Crippen molar-refractivity contribution in [2.45, 2.75) is 26.6 Å². The Labute approximate surface area is 138 Å². The van der Waals surface area contributed by atoms with E-state index in [1.54, 1.807) is 10.7 Å². The third kappa shape index (κ3) is 3.27. The molecule has 0 aliphatic carbocycles. The molecule has 0 spiro atoms. The lowest BCUT2D eigenvalue weighted by atomic mass is 10.2. The third-order valence-electron chi connectivity index (χ3n) is 3.38. The molecule has 1 N–H and O–H groups in total.